The van der Waals surface area contributed by atoms with Crippen LogP contribution in [0.3, 0.4) is 0 Å². The number of carbonyl (C=O) groups excluding carboxylic acids is 1. The van der Waals surface area contributed by atoms with Crippen LogP contribution in [0.2, 0.25) is 0 Å². The van der Waals surface area contributed by atoms with E-state index >= 15 is 0 Å². The van der Waals surface area contributed by atoms with E-state index in [1.807, 2.05) is 0 Å². The lowest BCUT2D eigenvalue weighted by molar-refractivity contribution is -0.147. The molecule has 2 atom stereocenters. The smallest absolute Gasteiger partial charge is 0.306 e. The van der Waals surface area contributed by atoms with E-state index in [4.69, 9.17) is 5.11 Å². The lowest BCUT2D eigenvalue weighted by Crippen LogP contribution is -2.33. The average molecular weight is 184 g/mol. The number of rotatable bonds is 4. The first-order valence-electron chi connectivity index (χ1n) is 4.80. The van der Waals surface area contributed by atoms with Crippen LogP contribution in [-0.4, -0.2) is 16.9 Å². The van der Waals surface area contributed by atoms with Gasteiger partial charge in [0.1, 0.15) is 5.78 Å². The van der Waals surface area contributed by atoms with E-state index in [9.17, 15) is 9.59 Å². The molecule has 1 saturated carbocycles. The molecule has 0 aromatic carbocycles. The SMILES string of the molecule is CC(C(=O)O)C(C)C(=O)C1CCC1. The summed E-state index contributed by atoms with van der Waals surface area (Å²) in [5.74, 6) is -1.46. The van der Waals surface area contributed by atoms with Crippen molar-refractivity contribution in [3.05, 3.63) is 0 Å². The minimum atomic E-state index is -0.875. The summed E-state index contributed by atoms with van der Waals surface area (Å²) in [4.78, 5) is 22.2. The molecule has 0 amide bonds. The zero-order valence-corrected chi connectivity index (χ0v) is 8.12. The summed E-state index contributed by atoms with van der Waals surface area (Å²) in [6.45, 7) is 3.32. The Balaban J connectivity index is 2.50. The molecule has 0 radical (unpaired) electrons. The third-order valence-corrected chi connectivity index (χ3v) is 3.10. The van der Waals surface area contributed by atoms with Crippen molar-refractivity contribution in [1.29, 1.82) is 0 Å². The number of hydrogen-bond donors (Lipinski definition) is 1. The summed E-state index contributed by atoms with van der Waals surface area (Å²) >= 11 is 0. The number of Topliss-reactive ketones (excluding diaryl/α,β-unsaturated/α-hetero) is 1. The van der Waals surface area contributed by atoms with Crippen molar-refractivity contribution in [3.8, 4) is 0 Å². The quantitative estimate of drug-likeness (QED) is 0.723. The van der Waals surface area contributed by atoms with E-state index in [-0.39, 0.29) is 17.6 Å². The maximum atomic E-state index is 11.6. The second-order valence-electron chi connectivity index (χ2n) is 3.95. The topological polar surface area (TPSA) is 54.4 Å². The molecule has 1 N–H and O–H groups in total. The Kier molecular flexibility index (Phi) is 3.07. The molecule has 3 nitrogen and oxygen atoms in total. The van der Waals surface area contributed by atoms with Crippen LogP contribution in [0.4, 0.5) is 0 Å². The largest absolute Gasteiger partial charge is 0.481 e. The highest BCUT2D eigenvalue weighted by atomic mass is 16.4. The van der Waals surface area contributed by atoms with Gasteiger partial charge in [-0.05, 0) is 12.8 Å². The molecule has 1 rings (SSSR count). The summed E-state index contributed by atoms with van der Waals surface area (Å²) < 4.78 is 0. The molecule has 1 aliphatic rings. The molecule has 0 spiro atoms. The molecule has 0 saturated heterocycles. The lowest BCUT2D eigenvalue weighted by Gasteiger charge is -2.28. The molecular formula is C10H16O3. The van der Waals surface area contributed by atoms with Gasteiger partial charge < -0.3 is 5.11 Å². The van der Waals surface area contributed by atoms with E-state index in [2.05, 4.69) is 0 Å². The molecular weight excluding hydrogens is 168 g/mol. The van der Waals surface area contributed by atoms with Crippen molar-refractivity contribution in [3.63, 3.8) is 0 Å². The average Bonchev–Trinajstić information content (AvgIpc) is 1.98. The highest BCUT2D eigenvalue weighted by Gasteiger charge is 2.33. The molecule has 3 heteroatoms. The van der Waals surface area contributed by atoms with E-state index in [0.29, 0.717) is 0 Å². The highest BCUT2D eigenvalue weighted by molar-refractivity contribution is 5.87. The molecule has 74 valence electrons. The van der Waals surface area contributed by atoms with Crippen LogP contribution in [0.15, 0.2) is 0 Å². The third kappa shape index (κ3) is 2.08. The van der Waals surface area contributed by atoms with Gasteiger partial charge in [-0.1, -0.05) is 20.3 Å². The number of ketones is 1. The predicted octanol–water partition coefficient (Wildman–Crippen LogP) is 1.71. The van der Waals surface area contributed by atoms with Crippen LogP contribution in [0.25, 0.3) is 0 Å². The molecule has 0 heterocycles. The minimum absolute atomic E-state index is 0.140. The monoisotopic (exact) mass is 184 g/mol. The van der Waals surface area contributed by atoms with Gasteiger partial charge in [0.2, 0.25) is 0 Å². The van der Waals surface area contributed by atoms with Gasteiger partial charge in [0.05, 0.1) is 5.92 Å². The van der Waals surface area contributed by atoms with Gasteiger partial charge in [-0.3, -0.25) is 9.59 Å². The summed E-state index contributed by atoms with van der Waals surface area (Å²) in [7, 11) is 0. The Hall–Kier alpha value is -0.860. The van der Waals surface area contributed by atoms with Crippen molar-refractivity contribution in [2.75, 3.05) is 0 Å². The number of hydrogen-bond acceptors (Lipinski definition) is 2. The molecule has 0 aromatic rings. The van der Waals surface area contributed by atoms with E-state index in [1.54, 1.807) is 13.8 Å². The number of aliphatic carboxylic acids is 1. The van der Waals surface area contributed by atoms with Crippen molar-refractivity contribution < 1.29 is 14.7 Å². The Labute approximate surface area is 78.1 Å². The highest BCUT2D eigenvalue weighted by Crippen LogP contribution is 2.31. The fourth-order valence-electron chi connectivity index (χ4n) is 1.52. The number of carbonyl (C=O) groups is 2. The van der Waals surface area contributed by atoms with Crippen LogP contribution in [-0.2, 0) is 9.59 Å². The van der Waals surface area contributed by atoms with Crippen LogP contribution in [0.5, 0.6) is 0 Å². The fourth-order valence-corrected chi connectivity index (χ4v) is 1.52. The van der Waals surface area contributed by atoms with Crippen LogP contribution in [0.1, 0.15) is 33.1 Å². The van der Waals surface area contributed by atoms with Crippen LogP contribution in [0, 0.1) is 17.8 Å². The Bertz CT molecular complexity index is 218. The van der Waals surface area contributed by atoms with Crippen molar-refractivity contribution in [2.45, 2.75) is 33.1 Å². The molecule has 0 aromatic heterocycles. The number of carboxylic acid groups (broad SMARTS) is 1. The summed E-state index contributed by atoms with van der Waals surface area (Å²) in [5.41, 5.74) is 0. The van der Waals surface area contributed by atoms with Gasteiger partial charge >= 0.3 is 5.97 Å². The summed E-state index contributed by atoms with van der Waals surface area (Å²) in [6.07, 6.45) is 3.02. The lowest BCUT2D eigenvalue weighted by atomic mass is 9.75. The van der Waals surface area contributed by atoms with Gasteiger partial charge in [0.15, 0.2) is 0 Å². The number of carboxylic acids is 1. The predicted molar refractivity (Wildman–Crippen MR) is 48.3 cm³/mol. The first kappa shape index (κ1) is 10.2. The standard InChI is InChI=1S/C10H16O3/c1-6(7(2)10(12)13)9(11)8-4-3-5-8/h6-8H,3-5H2,1-2H3,(H,12,13). The maximum Gasteiger partial charge on any atom is 0.306 e. The zero-order chi connectivity index (χ0) is 10.0. The minimum Gasteiger partial charge on any atom is -0.481 e. The molecule has 0 aliphatic heterocycles. The van der Waals surface area contributed by atoms with Gasteiger partial charge in [-0.15, -0.1) is 0 Å². The van der Waals surface area contributed by atoms with Gasteiger partial charge in [-0.25, -0.2) is 0 Å². The third-order valence-electron chi connectivity index (χ3n) is 3.10. The second kappa shape index (κ2) is 3.90. The fraction of sp³-hybridized carbons (Fsp3) is 0.800. The van der Waals surface area contributed by atoms with E-state index in [0.717, 1.165) is 19.3 Å². The molecule has 13 heavy (non-hydrogen) atoms. The zero-order valence-electron chi connectivity index (χ0n) is 8.12. The van der Waals surface area contributed by atoms with E-state index < -0.39 is 11.9 Å². The molecule has 1 fully saturated rings. The van der Waals surface area contributed by atoms with Gasteiger partial charge in [-0.2, -0.15) is 0 Å². The molecule has 0 bridgehead atoms. The van der Waals surface area contributed by atoms with Crippen LogP contribution >= 0.6 is 0 Å². The molecule has 1 aliphatic carbocycles. The van der Waals surface area contributed by atoms with Crippen molar-refractivity contribution >= 4 is 11.8 Å². The summed E-state index contributed by atoms with van der Waals surface area (Å²) in [5, 5.41) is 8.72. The Morgan fingerprint density at radius 2 is 1.77 bits per heavy atom. The van der Waals surface area contributed by atoms with Gasteiger partial charge in [0, 0.05) is 11.8 Å². The van der Waals surface area contributed by atoms with Gasteiger partial charge in [0.25, 0.3) is 0 Å². The second-order valence-corrected chi connectivity index (χ2v) is 3.95. The van der Waals surface area contributed by atoms with E-state index in [1.165, 1.54) is 0 Å². The normalized spacial score (nSPS) is 21.7. The first-order valence-corrected chi connectivity index (χ1v) is 4.80. The Morgan fingerprint density at radius 3 is 2.08 bits per heavy atom. The van der Waals surface area contributed by atoms with Crippen molar-refractivity contribution in [2.24, 2.45) is 17.8 Å². The maximum absolute atomic E-state index is 11.6. The Morgan fingerprint density at radius 1 is 1.23 bits per heavy atom. The summed E-state index contributed by atoms with van der Waals surface area (Å²) in [6, 6.07) is 0. The first-order chi connectivity index (χ1) is 6.04. The van der Waals surface area contributed by atoms with Crippen LogP contribution < -0.4 is 0 Å². The molecule has 2 unspecified atom stereocenters. The van der Waals surface area contributed by atoms with Crippen molar-refractivity contribution in [1.82, 2.24) is 0 Å².